The Hall–Kier alpha value is -1.15. The predicted molar refractivity (Wildman–Crippen MR) is 68.8 cm³/mol. The molecular weight excluding hydrogens is 272 g/mol. The van der Waals surface area contributed by atoms with E-state index >= 15 is 0 Å². The second-order valence-corrected chi connectivity index (χ2v) is 5.86. The van der Waals surface area contributed by atoms with Crippen molar-refractivity contribution in [3.8, 4) is 5.75 Å². The van der Waals surface area contributed by atoms with Crippen molar-refractivity contribution in [2.75, 3.05) is 33.4 Å². The van der Waals surface area contributed by atoms with Gasteiger partial charge in [-0.3, -0.25) is 0 Å². The van der Waals surface area contributed by atoms with Crippen LogP contribution in [0.5, 0.6) is 5.75 Å². The highest BCUT2D eigenvalue weighted by Crippen LogP contribution is 2.16. The van der Waals surface area contributed by atoms with Crippen LogP contribution in [0.3, 0.4) is 0 Å². The number of hydrogen-bond donors (Lipinski definition) is 1. The molecule has 0 spiro atoms. The lowest BCUT2D eigenvalue weighted by Crippen LogP contribution is -2.27. The zero-order valence-corrected chi connectivity index (χ0v) is 11.7. The molecule has 1 aromatic rings. The third kappa shape index (κ3) is 5.15. The van der Waals surface area contributed by atoms with Crippen molar-refractivity contribution < 1.29 is 27.7 Å². The molecule has 0 radical (unpaired) electrons. The van der Waals surface area contributed by atoms with E-state index in [1.807, 2.05) is 0 Å². The van der Waals surface area contributed by atoms with E-state index in [0.717, 1.165) is 0 Å². The van der Waals surface area contributed by atoms with Crippen LogP contribution >= 0.6 is 0 Å². The molecule has 7 heteroatoms. The first-order chi connectivity index (χ1) is 8.99. The molecule has 0 aromatic heterocycles. The molecule has 0 aliphatic rings. The predicted octanol–water partition coefficient (Wildman–Crippen LogP) is 0.801. The highest BCUT2D eigenvalue weighted by molar-refractivity contribution is 7.91. The summed E-state index contributed by atoms with van der Waals surface area (Å²) in [6.07, 6.45) is -0.443. The fraction of sp³-hybridized carbons (Fsp3) is 0.500. The summed E-state index contributed by atoms with van der Waals surface area (Å²) in [5.41, 5.74) is 0. The first kappa shape index (κ1) is 15.9. The van der Waals surface area contributed by atoms with E-state index < -0.39 is 21.9 Å². The van der Waals surface area contributed by atoms with Crippen LogP contribution in [0.1, 0.15) is 0 Å². The summed E-state index contributed by atoms with van der Waals surface area (Å²) < 4.78 is 39.0. The number of rotatable bonds is 8. The van der Waals surface area contributed by atoms with Crippen molar-refractivity contribution in [2.24, 2.45) is 0 Å². The van der Waals surface area contributed by atoms with E-state index in [1.54, 1.807) is 0 Å². The Kier molecular flexibility index (Phi) is 6.23. The van der Waals surface area contributed by atoms with Crippen LogP contribution in [0.4, 0.5) is 0 Å². The van der Waals surface area contributed by atoms with Crippen molar-refractivity contribution in [2.45, 2.75) is 11.0 Å². The van der Waals surface area contributed by atoms with Crippen molar-refractivity contribution in [3.05, 3.63) is 24.3 Å². The summed E-state index contributed by atoms with van der Waals surface area (Å²) in [5, 5.41) is 9.12. The molecule has 0 amide bonds. The molecule has 6 nitrogen and oxygen atoms in total. The van der Waals surface area contributed by atoms with Gasteiger partial charge in [-0.2, -0.15) is 0 Å². The molecule has 19 heavy (non-hydrogen) atoms. The Balaban J connectivity index is 2.66. The molecule has 1 aromatic carbocycles. The molecule has 0 aliphatic carbocycles. The van der Waals surface area contributed by atoms with E-state index in [-0.39, 0.29) is 23.9 Å². The average molecular weight is 290 g/mol. The minimum atomic E-state index is -3.55. The Labute approximate surface area is 112 Å². The third-order valence-corrected chi connectivity index (χ3v) is 3.80. The Morgan fingerprint density at radius 2 is 1.63 bits per heavy atom. The summed E-state index contributed by atoms with van der Waals surface area (Å²) >= 11 is 0. The Bertz CT molecular complexity index is 461. The molecular formula is C12H18O6S. The van der Waals surface area contributed by atoms with Crippen molar-refractivity contribution in [1.29, 1.82) is 0 Å². The maximum atomic E-state index is 12.0. The molecule has 0 heterocycles. The quantitative estimate of drug-likeness (QED) is 0.762. The van der Waals surface area contributed by atoms with E-state index in [1.165, 1.54) is 38.5 Å². The zero-order chi connectivity index (χ0) is 14.3. The fourth-order valence-electron chi connectivity index (χ4n) is 1.42. The fourth-order valence-corrected chi connectivity index (χ4v) is 2.48. The lowest BCUT2D eigenvalue weighted by atomic mass is 10.3. The number of sulfone groups is 1. The number of ether oxygens (including phenoxy) is 3. The summed E-state index contributed by atoms with van der Waals surface area (Å²) in [5.74, 6) is -0.452. The molecule has 0 saturated carbocycles. The van der Waals surface area contributed by atoms with Crippen LogP contribution in [-0.2, 0) is 24.0 Å². The third-order valence-electron chi connectivity index (χ3n) is 2.36. The van der Waals surface area contributed by atoms with Gasteiger partial charge in [0, 0.05) is 14.2 Å². The van der Waals surface area contributed by atoms with Gasteiger partial charge in [-0.05, 0) is 24.3 Å². The summed E-state index contributed by atoms with van der Waals surface area (Å²) in [7, 11) is -0.552. The van der Waals surface area contributed by atoms with Gasteiger partial charge >= 0.3 is 0 Å². The van der Waals surface area contributed by atoms with E-state index in [2.05, 4.69) is 0 Å². The van der Waals surface area contributed by atoms with Crippen LogP contribution in [0.25, 0.3) is 0 Å². The van der Waals surface area contributed by atoms with Crippen molar-refractivity contribution in [3.63, 3.8) is 0 Å². The molecule has 1 N–H and O–H groups in total. The van der Waals surface area contributed by atoms with Crippen molar-refractivity contribution in [1.82, 2.24) is 0 Å². The van der Waals surface area contributed by atoms with E-state index in [9.17, 15) is 8.42 Å². The first-order valence-corrected chi connectivity index (χ1v) is 7.26. The zero-order valence-electron chi connectivity index (χ0n) is 10.9. The van der Waals surface area contributed by atoms with Crippen LogP contribution < -0.4 is 0 Å². The van der Waals surface area contributed by atoms with Gasteiger partial charge in [-0.25, -0.2) is 8.42 Å². The first-order valence-electron chi connectivity index (χ1n) is 5.61. The number of benzene rings is 1. The summed E-state index contributed by atoms with van der Waals surface area (Å²) in [6, 6.07) is 5.29. The lowest BCUT2D eigenvalue weighted by Gasteiger charge is -2.16. The standard InChI is InChI=1S/C12H18O6S/c1-16-7-11(8-17-2)18-9-19(14,15)12-5-3-10(13)4-6-12/h3-6,11,13H,7-9H2,1-2H3. The largest absolute Gasteiger partial charge is 0.508 e. The molecule has 0 unspecified atom stereocenters. The molecule has 0 fully saturated rings. The van der Waals surface area contributed by atoms with Gasteiger partial charge in [0.05, 0.1) is 18.1 Å². The van der Waals surface area contributed by atoms with Gasteiger partial charge in [0.15, 0.2) is 5.94 Å². The topological polar surface area (TPSA) is 82.1 Å². The molecule has 0 bridgehead atoms. The van der Waals surface area contributed by atoms with Gasteiger partial charge in [0.25, 0.3) is 0 Å². The van der Waals surface area contributed by atoms with E-state index in [0.29, 0.717) is 0 Å². The minimum Gasteiger partial charge on any atom is -0.508 e. The smallest absolute Gasteiger partial charge is 0.202 e. The number of methoxy groups -OCH3 is 2. The minimum absolute atomic E-state index is 0.0107. The molecule has 108 valence electrons. The maximum absolute atomic E-state index is 12.0. The molecule has 0 atom stereocenters. The monoisotopic (exact) mass is 290 g/mol. The van der Waals surface area contributed by atoms with Crippen LogP contribution in [0.15, 0.2) is 29.2 Å². The van der Waals surface area contributed by atoms with Gasteiger partial charge in [0.1, 0.15) is 11.9 Å². The number of aromatic hydroxyl groups is 1. The summed E-state index contributed by atoms with van der Waals surface area (Å²) in [6.45, 7) is 0.498. The SMILES string of the molecule is COCC(COC)OCS(=O)(=O)c1ccc(O)cc1. The Morgan fingerprint density at radius 1 is 1.11 bits per heavy atom. The van der Waals surface area contributed by atoms with Gasteiger partial charge in [-0.15, -0.1) is 0 Å². The second kappa shape index (κ2) is 7.44. The molecule has 0 aliphatic heterocycles. The van der Waals surface area contributed by atoms with Gasteiger partial charge in [-0.1, -0.05) is 0 Å². The highest BCUT2D eigenvalue weighted by Gasteiger charge is 2.18. The van der Waals surface area contributed by atoms with E-state index in [4.69, 9.17) is 19.3 Å². The molecule has 1 rings (SSSR count). The maximum Gasteiger partial charge on any atom is 0.202 e. The summed E-state index contributed by atoms with van der Waals surface area (Å²) in [4.78, 5) is 0.0962. The van der Waals surface area contributed by atoms with Crippen LogP contribution in [-0.4, -0.2) is 53.0 Å². The van der Waals surface area contributed by atoms with Crippen LogP contribution in [0, 0.1) is 0 Å². The van der Waals surface area contributed by atoms with Crippen molar-refractivity contribution >= 4 is 9.84 Å². The average Bonchev–Trinajstić information content (AvgIpc) is 2.37. The van der Waals surface area contributed by atoms with Crippen LogP contribution in [0.2, 0.25) is 0 Å². The highest BCUT2D eigenvalue weighted by atomic mass is 32.2. The number of phenols is 1. The van der Waals surface area contributed by atoms with Gasteiger partial charge < -0.3 is 19.3 Å². The number of phenolic OH excluding ortho intramolecular Hbond substituents is 1. The lowest BCUT2D eigenvalue weighted by molar-refractivity contribution is -0.0252. The normalized spacial score (nSPS) is 11.9. The Morgan fingerprint density at radius 3 is 2.11 bits per heavy atom. The number of hydrogen-bond acceptors (Lipinski definition) is 6. The van der Waals surface area contributed by atoms with Gasteiger partial charge in [0.2, 0.25) is 9.84 Å². The molecule has 0 saturated heterocycles. The second-order valence-electron chi connectivity index (χ2n) is 3.93.